The Labute approximate surface area is 117 Å². The molecule has 0 aliphatic rings. The molecule has 7 heteroatoms. The zero-order chi connectivity index (χ0) is 14.0. The van der Waals surface area contributed by atoms with Gasteiger partial charge < -0.3 is 15.5 Å². The number of anilines is 1. The summed E-state index contributed by atoms with van der Waals surface area (Å²) in [5.74, 6) is -2.21. The van der Waals surface area contributed by atoms with E-state index in [0.717, 1.165) is 11.3 Å². The van der Waals surface area contributed by atoms with Crippen molar-refractivity contribution in [3.63, 3.8) is 0 Å². The molecule has 0 saturated carbocycles. The summed E-state index contributed by atoms with van der Waals surface area (Å²) in [6.45, 7) is 0. The Bertz CT molecular complexity index is 653. The molecule has 0 fully saturated rings. The molecular weight excluding hydrogens is 290 g/mol. The van der Waals surface area contributed by atoms with Gasteiger partial charge in [0.2, 0.25) is 0 Å². The number of phenols is 1. The van der Waals surface area contributed by atoms with Crippen LogP contribution in [0.15, 0.2) is 30.3 Å². The maximum atomic E-state index is 11.8. The molecule has 0 bridgehead atoms. The average molecular weight is 298 g/mol. The largest absolute Gasteiger partial charge is 0.505 e. The first-order chi connectivity index (χ1) is 8.99. The van der Waals surface area contributed by atoms with Crippen LogP contribution in [-0.4, -0.2) is 22.1 Å². The van der Waals surface area contributed by atoms with Crippen LogP contribution in [0.4, 0.5) is 5.69 Å². The highest BCUT2D eigenvalue weighted by Gasteiger charge is 2.16. The van der Waals surface area contributed by atoms with E-state index in [2.05, 4.69) is 5.32 Å². The predicted molar refractivity (Wildman–Crippen MR) is 72.3 cm³/mol. The maximum absolute atomic E-state index is 11.8. The zero-order valence-corrected chi connectivity index (χ0v) is 11.0. The zero-order valence-electron chi connectivity index (χ0n) is 9.38. The van der Waals surface area contributed by atoms with Gasteiger partial charge in [-0.25, -0.2) is 4.79 Å². The molecule has 0 aliphatic carbocycles. The van der Waals surface area contributed by atoms with Crippen LogP contribution < -0.4 is 5.32 Å². The summed E-state index contributed by atoms with van der Waals surface area (Å²) in [6.07, 6.45) is 0. The highest BCUT2D eigenvalue weighted by atomic mass is 35.5. The summed E-state index contributed by atoms with van der Waals surface area (Å²) in [5.41, 5.74) is -0.239. The van der Waals surface area contributed by atoms with Gasteiger partial charge in [0.25, 0.3) is 5.91 Å². The van der Waals surface area contributed by atoms with Crippen molar-refractivity contribution >= 4 is 40.5 Å². The van der Waals surface area contributed by atoms with Gasteiger partial charge in [-0.05, 0) is 24.3 Å². The number of aromatic hydroxyl groups is 1. The van der Waals surface area contributed by atoms with Crippen molar-refractivity contribution in [3.05, 3.63) is 45.1 Å². The Morgan fingerprint density at radius 3 is 2.53 bits per heavy atom. The van der Waals surface area contributed by atoms with E-state index in [1.54, 1.807) is 12.1 Å². The molecule has 2 rings (SSSR count). The molecule has 3 N–H and O–H groups in total. The number of nitrogens with one attached hydrogen (secondary N) is 1. The molecule has 98 valence electrons. The molecule has 0 unspecified atom stereocenters. The van der Waals surface area contributed by atoms with Crippen LogP contribution in [0, 0.1) is 0 Å². The Morgan fingerprint density at radius 2 is 1.95 bits per heavy atom. The Kier molecular flexibility index (Phi) is 3.73. The molecule has 1 aromatic carbocycles. The quantitative estimate of drug-likeness (QED) is 0.760. The molecule has 0 atom stereocenters. The highest BCUT2D eigenvalue weighted by Crippen LogP contribution is 2.29. The Hall–Kier alpha value is -2.05. The van der Waals surface area contributed by atoms with Crippen molar-refractivity contribution in [1.82, 2.24) is 0 Å². The van der Waals surface area contributed by atoms with Crippen molar-refractivity contribution in [2.45, 2.75) is 0 Å². The molecule has 1 amide bonds. The van der Waals surface area contributed by atoms with Gasteiger partial charge in [-0.2, -0.15) is 0 Å². The number of thiophene rings is 1. The summed E-state index contributed by atoms with van der Waals surface area (Å²) >= 11 is 6.80. The summed E-state index contributed by atoms with van der Waals surface area (Å²) < 4.78 is 0.466. The lowest BCUT2D eigenvalue weighted by Crippen LogP contribution is -2.11. The molecular formula is C12H8ClNO4S. The van der Waals surface area contributed by atoms with Crippen molar-refractivity contribution < 1.29 is 19.8 Å². The Morgan fingerprint density at radius 1 is 1.21 bits per heavy atom. The normalized spacial score (nSPS) is 10.2. The van der Waals surface area contributed by atoms with E-state index in [-0.39, 0.29) is 11.3 Å². The van der Waals surface area contributed by atoms with Gasteiger partial charge >= 0.3 is 5.97 Å². The maximum Gasteiger partial charge on any atom is 0.339 e. The van der Waals surface area contributed by atoms with E-state index in [0.29, 0.717) is 9.21 Å². The van der Waals surface area contributed by atoms with Crippen LogP contribution in [0.25, 0.3) is 0 Å². The van der Waals surface area contributed by atoms with Crippen molar-refractivity contribution in [3.8, 4) is 5.75 Å². The van der Waals surface area contributed by atoms with Crippen LogP contribution in [-0.2, 0) is 0 Å². The second-order valence-corrected chi connectivity index (χ2v) is 5.28. The van der Waals surface area contributed by atoms with E-state index in [9.17, 15) is 14.7 Å². The molecule has 0 radical (unpaired) electrons. The number of amides is 1. The smallest absolute Gasteiger partial charge is 0.339 e. The van der Waals surface area contributed by atoms with Crippen LogP contribution in [0.5, 0.6) is 5.75 Å². The monoisotopic (exact) mass is 297 g/mol. The number of benzene rings is 1. The van der Waals surface area contributed by atoms with Gasteiger partial charge in [-0.3, -0.25) is 4.79 Å². The highest BCUT2D eigenvalue weighted by molar-refractivity contribution is 7.18. The molecule has 0 spiro atoms. The lowest BCUT2D eigenvalue weighted by atomic mass is 10.1. The minimum atomic E-state index is -1.27. The molecule has 1 aromatic heterocycles. The van der Waals surface area contributed by atoms with Crippen LogP contribution in [0.3, 0.4) is 0 Å². The molecule has 0 saturated heterocycles. The van der Waals surface area contributed by atoms with Gasteiger partial charge in [-0.1, -0.05) is 17.7 Å². The number of carboxylic acid groups (broad SMARTS) is 1. The van der Waals surface area contributed by atoms with E-state index in [1.807, 2.05) is 0 Å². The predicted octanol–water partition coefficient (Wildman–Crippen LogP) is 3.06. The number of carbonyl (C=O) groups excluding carboxylic acids is 1. The number of hydrogen-bond donors (Lipinski definition) is 3. The third-order valence-corrected chi connectivity index (χ3v) is 3.54. The lowest BCUT2D eigenvalue weighted by molar-refractivity contribution is 0.0693. The van der Waals surface area contributed by atoms with E-state index in [4.69, 9.17) is 16.7 Å². The molecule has 5 nitrogen and oxygen atoms in total. The van der Waals surface area contributed by atoms with Crippen LogP contribution in [0.1, 0.15) is 20.0 Å². The third-order valence-electron chi connectivity index (χ3n) is 2.31. The van der Waals surface area contributed by atoms with Crippen molar-refractivity contribution in [2.75, 3.05) is 5.32 Å². The summed E-state index contributed by atoms with van der Waals surface area (Å²) in [4.78, 5) is 23.1. The van der Waals surface area contributed by atoms with E-state index >= 15 is 0 Å². The third kappa shape index (κ3) is 2.86. The average Bonchev–Trinajstić information content (AvgIpc) is 2.78. The number of carbonyl (C=O) groups is 2. The molecule has 1 heterocycles. The first-order valence-electron chi connectivity index (χ1n) is 5.11. The number of hydrogen-bond acceptors (Lipinski definition) is 4. The fourth-order valence-corrected chi connectivity index (χ4v) is 2.38. The van der Waals surface area contributed by atoms with E-state index < -0.39 is 17.6 Å². The summed E-state index contributed by atoms with van der Waals surface area (Å²) in [5, 5.41) is 21.0. The Balaban J connectivity index is 2.27. The number of halogens is 1. The fourth-order valence-electron chi connectivity index (χ4n) is 1.44. The first-order valence-corrected chi connectivity index (χ1v) is 6.30. The second-order valence-electron chi connectivity index (χ2n) is 3.56. The van der Waals surface area contributed by atoms with Crippen molar-refractivity contribution in [2.24, 2.45) is 0 Å². The number of aromatic carboxylic acids is 1. The lowest BCUT2D eigenvalue weighted by Gasteiger charge is -2.07. The van der Waals surface area contributed by atoms with Gasteiger partial charge in [0, 0.05) is 0 Å². The summed E-state index contributed by atoms with van der Waals surface area (Å²) in [7, 11) is 0. The van der Waals surface area contributed by atoms with Gasteiger partial charge in [0.15, 0.2) is 5.75 Å². The molecule has 19 heavy (non-hydrogen) atoms. The number of rotatable bonds is 3. The standard InChI is InChI=1S/C12H8ClNO4S/c13-9-5-4-8(19-9)11(16)14-7-3-1-2-6(10(7)15)12(17)18/h1-5,15H,(H,14,16)(H,17,18). The number of carboxylic acids is 1. The molecule has 2 aromatic rings. The second kappa shape index (κ2) is 5.29. The minimum absolute atomic E-state index is 0.0365. The van der Waals surface area contributed by atoms with Crippen LogP contribution in [0.2, 0.25) is 4.34 Å². The van der Waals surface area contributed by atoms with Gasteiger partial charge in [0.05, 0.1) is 14.9 Å². The SMILES string of the molecule is O=C(Nc1cccc(C(=O)O)c1O)c1ccc(Cl)s1. The van der Waals surface area contributed by atoms with Gasteiger partial charge in [-0.15, -0.1) is 11.3 Å². The number of para-hydroxylation sites is 1. The van der Waals surface area contributed by atoms with Crippen molar-refractivity contribution in [1.29, 1.82) is 0 Å². The first kappa shape index (κ1) is 13.4. The fraction of sp³-hybridized carbons (Fsp3) is 0. The minimum Gasteiger partial charge on any atom is -0.505 e. The van der Waals surface area contributed by atoms with Gasteiger partial charge in [0.1, 0.15) is 5.56 Å². The summed E-state index contributed by atoms with van der Waals surface area (Å²) in [6, 6.07) is 7.21. The van der Waals surface area contributed by atoms with E-state index in [1.165, 1.54) is 18.2 Å². The van der Waals surface area contributed by atoms with Crippen LogP contribution >= 0.6 is 22.9 Å². The topological polar surface area (TPSA) is 86.6 Å². The molecule has 0 aliphatic heterocycles.